The van der Waals surface area contributed by atoms with Gasteiger partial charge in [0.1, 0.15) is 0 Å². The van der Waals surface area contributed by atoms with Crippen molar-refractivity contribution in [2.75, 3.05) is 0 Å². The van der Waals surface area contributed by atoms with E-state index in [0.717, 1.165) is 12.8 Å². The Hall–Kier alpha value is -0.520. The SMILES string of the molecule is CC/C=C/C/C=C(\C)CCCC(C)(C)C. The Balaban J connectivity index is 3.64. The van der Waals surface area contributed by atoms with E-state index in [1.807, 2.05) is 0 Å². The predicted octanol–water partition coefficient (Wildman–Crippen LogP) is 5.51. The molecule has 0 aromatic carbocycles. The van der Waals surface area contributed by atoms with E-state index in [4.69, 9.17) is 0 Å². The van der Waals surface area contributed by atoms with Crippen molar-refractivity contribution < 1.29 is 0 Å². The highest BCUT2D eigenvalue weighted by atomic mass is 14.1. The summed E-state index contributed by atoms with van der Waals surface area (Å²) in [6.07, 6.45) is 13.0. The lowest BCUT2D eigenvalue weighted by Gasteiger charge is -2.17. The fourth-order valence-corrected chi connectivity index (χ4v) is 1.53. The molecule has 0 aliphatic rings. The third kappa shape index (κ3) is 11.4. The summed E-state index contributed by atoms with van der Waals surface area (Å²) < 4.78 is 0. The van der Waals surface area contributed by atoms with Gasteiger partial charge in [-0.2, -0.15) is 0 Å². The summed E-state index contributed by atoms with van der Waals surface area (Å²) in [6, 6.07) is 0. The molecule has 0 saturated carbocycles. The van der Waals surface area contributed by atoms with E-state index in [0.29, 0.717) is 5.41 Å². The van der Waals surface area contributed by atoms with Gasteiger partial charge in [-0.1, -0.05) is 51.5 Å². The summed E-state index contributed by atoms with van der Waals surface area (Å²) in [6.45, 7) is 11.4. The molecule has 0 amide bonds. The first kappa shape index (κ1) is 14.5. The zero-order valence-corrected chi connectivity index (χ0v) is 11.3. The van der Waals surface area contributed by atoms with Crippen LogP contribution in [-0.4, -0.2) is 0 Å². The highest BCUT2D eigenvalue weighted by Crippen LogP contribution is 2.23. The molecule has 0 aliphatic heterocycles. The molecule has 0 rings (SSSR count). The molecule has 0 heterocycles. The predicted molar refractivity (Wildman–Crippen MR) is 71.1 cm³/mol. The van der Waals surface area contributed by atoms with Crippen LogP contribution in [0.1, 0.15) is 66.7 Å². The number of rotatable bonds is 6. The smallest absolute Gasteiger partial charge is 0.0167 e. The maximum absolute atomic E-state index is 2.36. The van der Waals surface area contributed by atoms with Gasteiger partial charge in [0, 0.05) is 0 Å². The minimum absolute atomic E-state index is 0.488. The Bertz CT molecular complexity index is 201. The third-order valence-electron chi connectivity index (χ3n) is 2.50. The molecule has 15 heavy (non-hydrogen) atoms. The summed E-state index contributed by atoms with van der Waals surface area (Å²) in [5, 5.41) is 0. The van der Waals surface area contributed by atoms with Gasteiger partial charge in [-0.15, -0.1) is 0 Å². The van der Waals surface area contributed by atoms with E-state index in [9.17, 15) is 0 Å². The monoisotopic (exact) mass is 208 g/mol. The molecule has 0 heteroatoms. The van der Waals surface area contributed by atoms with Crippen LogP contribution in [0, 0.1) is 5.41 Å². The van der Waals surface area contributed by atoms with Crippen LogP contribution in [0.15, 0.2) is 23.8 Å². The van der Waals surface area contributed by atoms with Gasteiger partial charge >= 0.3 is 0 Å². The molecule has 0 spiro atoms. The Morgan fingerprint density at radius 3 is 2.33 bits per heavy atom. The second-order valence-electron chi connectivity index (χ2n) is 5.58. The zero-order chi connectivity index (χ0) is 11.7. The van der Waals surface area contributed by atoms with Crippen LogP contribution in [0.4, 0.5) is 0 Å². The van der Waals surface area contributed by atoms with Crippen LogP contribution in [0.25, 0.3) is 0 Å². The van der Waals surface area contributed by atoms with Crippen molar-refractivity contribution in [2.24, 2.45) is 5.41 Å². The zero-order valence-electron chi connectivity index (χ0n) is 11.3. The maximum Gasteiger partial charge on any atom is -0.0167 e. The van der Waals surface area contributed by atoms with Gasteiger partial charge < -0.3 is 0 Å². The highest BCUT2D eigenvalue weighted by Gasteiger charge is 2.08. The van der Waals surface area contributed by atoms with Gasteiger partial charge in [0.05, 0.1) is 0 Å². The van der Waals surface area contributed by atoms with Crippen molar-refractivity contribution in [1.82, 2.24) is 0 Å². The number of hydrogen-bond donors (Lipinski definition) is 0. The highest BCUT2D eigenvalue weighted by molar-refractivity contribution is 5.02. The van der Waals surface area contributed by atoms with E-state index < -0.39 is 0 Å². The first-order valence-electron chi connectivity index (χ1n) is 6.26. The molecule has 0 aliphatic carbocycles. The van der Waals surface area contributed by atoms with Crippen molar-refractivity contribution in [3.63, 3.8) is 0 Å². The third-order valence-corrected chi connectivity index (χ3v) is 2.50. The minimum Gasteiger partial charge on any atom is -0.0885 e. The standard InChI is InChI=1S/C15H28/c1-6-7-8-9-11-14(2)12-10-13-15(3,4)5/h7-8,11H,6,9-10,12-13H2,1-5H3/b8-7+,14-11+. The molecule has 0 aromatic rings. The summed E-state index contributed by atoms with van der Waals surface area (Å²) in [5.74, 6) is 0. The lowest BCUT2D eigenvalue weighted by molar-refractivity contribution is 0.365. The van der Waals surface area contributed by atoms with Crippen molar-refractivity contribution >= 4 is 0 Å². The lowest BCUT2D eigenvalue weighted by Crippen LogP contribution is -2.03. The maximum atomic E-state index is 2.36. The van der Waals surface area contributed by atoms with Crippen molar-refractivity contribution in [2.45, 2.75) is 66.7 Å². The van der Waals surface area contributed by atoms with Crippen LogP contribution in [0.2, 0.25) is 0 Å². The van der Waals surface area contributed by atoms with Crippen LogP contribution >= 0.6 is 0 Å². The largest absolute Gasteiger partial charge is 0.0885 e. The molecule has 0 nitrogen and oxygen atoms in total. The van der Waals surface area contributed by atoms with Gasteiger partial charge in [0.25, 0.3) is 0 Å². The van der Waals surface area contributed by atoms with Crippen LogP contribution in [0.3, 0.4) is 0 Å². The molecule has 88 valence electrons. The summed E-state index contributed by atoms with van der Waals surface area (Å²) in [5.41, 5.74) is 2.03. The Kier molecular flexibility index (Phi) is 7.46. The van der Waals surface area contributed by atoms with Gasteiger partial charge in [0.15, 0.2) is 0 Å². The van der Waals surface area contributed by atoms with Gasteiger partial charge in [0.2, 0.25) is 0 Å². The van der Waals surface area contributed by atoms with E-state index in [1.54, 1.807) is 5.57 Å². The normalized spacial score (nSPS) is 13.8. The molecule has 0 atom stereocenters. The average Bonchev–Trinajstić information content (AvgIpc) is 2.10. The average molecular weight is 208 g/mol. The minimum atomic E-state index is 0.488. The fourth-order valence-electron chi connectivity index (χ4n) is 1.53. The van der Waals surface area contributed by atoms with E-state index in [2.05, 4.69) is 52.8 Å². The number of allylic oxidation sites excluding steroid dienone is 4. The molecule has 0 bridgehead atoms. The van der Waals surface area contributed by atoms with Crippen molar-refractivity contribution in [1.29, 1.82) is 0 Å². The van der Waals surface area contributed by atoms with E-state index >= 15 is 0 Å². The summed E-state index contributed by atoms with van der Waals surface area (Å²) in [7, 11) is 0. The first-order valence-corrected chi connectivity index (χ1v) is 6.26. The van der Waals surface area contributed by atoms with Crippen molar-refractivity contribution in [3.05, 3.63) is 23.8 Å². The molecule has 0 aromatic heterocycles. The van der Waals surface area contributed by atoms with Crippen molar-refractivity contribution in [3.8, 4) is 0 Å². The van der Waals surface area contributed by atoms with Crippen LogP contribution in [0.5, 0.6) is 0 Å². The molecule has 0 saturated heterocycles. The summed E-state index contributed by atoms with van der Waals surface area (Å²) >= 11 is 0. The van der Waals surface area contributed by atoms with Gasteiger partial charge in [-0.3, -0.25) is 0 Å². The van der Waals surface area contributed by atoms with E-state index in [1.165, 1.54) is 19.3 Å². The fraction of sp³-hybridized carbons (Fsp3) is 0.733. The molecular formula is C15H28. The number of hydrogen-bond acceptors (Lipinski definition) is 0. The lowest BCUT2D eigenvalue weighted by atomic mass is 9.89. The second-order valence-corrected chi connectivity index (χ2v) is 5.58. The Morgan fingerprint density at radius 1 is 1.13 bits per heavy atom. The molecule has 0 radical (unpaired) electrons. The van der Waals surface area contributed by atoms with Gasteiger partial charge in [-0.05, 0) is 44.4 Å². The molecule has 0 fully saturated rings. The van der Waals surface area contributed by atoms with Gasteiger partial charge in [-0.25, -0.2) is 0 Å². The quantitative estimate of drug-likeness (QED) is 0.505. The Morgan fingerprint density at radius 2 is 1.80 bits per heavy atom. The topological polar surface area (TPSA) is 0 Å². The summed E-state index contributed by atoms with van der Waals surface area (Å²) in [4.78, 5) is 0. The molecular weight excluding hydrogens is 180 g/mol. The van der Waals surface area contributed by atoms with Crippen LogP contribution in [-0.2, 0) is 0 Å². The Labute approximate surface area is 96.5 Å². The second kappa shape index (κ2) is 7.73. The van der Waals surface area contributed by atoms with Crippen LogP contribution < -0.4 is 0 Å². The first-order chi connectivity index (χ1) is 6.95. The van der Waals surface area contributed by atoms with E-state index in [-0.39, 0.29) is 0 Å². The molecule has 0 N–H and O–H groups in total. The molecule has 0 unspecified atom stereocenters.